The van der Waals surface area contributed by atoms with Crippen molar-refractivity contribution in [1.82, 2.24) is 56.4 Å². The van der Waals surface area contributed by atoms with Crippen LogP contribution in [0.3, 0.4) is 0 Å². The molecule has 734 valence electrons. The van der Waals surface area contributed by atoms with Crippen molar-refractivity contribution in [3.63, 3.8) is 0 Å². The Labute approximate surface area is 859 Å². The lowest BCUT2D eigenvalue weighted by Crippen LogP contribution is -2.00. The summed E-state index contributed by atoms with van der Waals surface area (Å²) in [5.74, 6) is 3.97. The first-order chi connectivity index (χ1) is 68.2. The summed E-state index contributed by atoms with van der Waals surface area (Å²) in [6.45, 7) is 26.8. The van der Waals surface area contributed by atoms with Crippen LogP contribution in [-0.4, -0.2) is 103 Å². The molecule has 0 atom stereocenters. The Balaban J connectivity index is 0.000000168. The third kappa shape index (κ3) is 32.6. The zero-order valence-corrected chi connectivity index (χ0v) is 87.9. The van der Waals surface area contributed by atoms with Gasteiger partial charge in [-0.1, -0.05) is 205 Å². The SMILES string of the molecule is CC(=O)c1n[nH]c(C)c1Cc1ccc(Br)cc1.CC(=O)c1n[nH]c(C)c1Cc1ccc(F)cc1.CC(=O)c1n[nH]c(C)c1Cc1ccc(Oc2ccccc2)cc1.CC(=O)c1noc(C)c1Cc1ccc(Br)cc1.CC(=O)c1noc(C)c1Cc1ccc(Br)cc1.CC(=O)c1noc(C)c1Cc1ccc(C#N)cc1.CC(=O)c1noc(C)c1Cc1ccc(F)cc1.CC(=O)c1noc(C)c1Cc1cccc(Br)c1. The van der Waals surface area contributed by atoms with Crippen LogP contribution in [0.25, 0.3) is 0 Å². The summed E-state index contributed by atoms with van der Waals surface area (Å²) in [6, 6.07) is 71.3. The van der Waals surface area contributed by atoms with Gasteiger partial charge in [-0.05, 0) is 209 Å². The number of Topliss-reactive ketones (excluding diaryl/α,β-unsaturated/α-hetero) is 8. The molecule has 9 aromatic carbocycles. The quantitative estimate of drug-likeness (QED) is 0.0424. The fraction of sp³-hybridized carbons (Fsp3) is 0.216. The molecule has 26 nitrogen and oxygen atoms in total. The smallest absolute Gasteiger partial charge is 0.181 e. The fourth-order valence-electron chi connectivity index (χ4n) is 14.5. The molecular weight excluding hydrogens is 2080 g/mol. The summed E-state index contributed by atoms with van der Waals surface area (Å²) in [4.78, 5) is 91.4. The molecule has 0 unspecified atom stereocenters. The molecule has 0 saturated heterocycles. The van der Waals surface area contributed by atoms with Crippen LogP contribution in [0, 0.1) is 78.4 Å². The number of para-hydroxylation sites is 1. The third-order valence-corrected chi connectivity index (χ3v) is 24.4. The van der Waals surface area contributed by atoms with Crippen LogP contribution in [-0.2, 0) is 51.4 Å². The number of hydrogen-bond acceptors (Lipinski definition) is 23. The molecule has 17 rings (SSSR count). The summed E-state index contributed by atoms with van der Waals surface area (Å²) >= 11 is 13.6. The lowest BCUT2D eigenvalue weighted by atomic mass is 10.0. The van der Waals surface area contributed by atoms with E-state index in [4.69, 9.17) is 32.6 Å². The minimum atomic E-state index is -0.275. The molecule has 0 saturated carbocycles. The van der Waals surface area contributed by atoms with Gasteiger partial charge in [0.2, 0.25) is 0 Å². The first kappa shape index (κ1) is 110. The van der Waals surface area contributed by atoms with Crippen molar-refractivity contribution in [2.24, 2.45) is 0 Å². The van der Waals surface area contributed by atoms with E-state index >= 15 is 0 Å². The largest absolute Gasteiger partial charge is 0.457 e. The summed E-state index contributed by atoms with van der Waals surface area (Å²) in [7, 11) is 0. The number of ether oxygens (including phenoxy) is 1. The molecule has 143 heavy (non-hydrogen) atoms. The summed E-state index contributed by atoms with van der Waals surface area (Å²) in [5, 5.41) is 48.3. The second-order valence-corrected chi connectivity index (χ2v) is 37.0. The van der Waals surface area contributed by atoms with Crippen LogP contribution < -0.4 is 4.74 Å². The number of halogens is 6. The Hall–Kier alpha value is -14.9. The second-order valence-electron chi connectivity index (χ2n) is 33.4. The van der Waals surface area contributed by atoms with Gasteiger partial charge in [0, 0.05) is 186 Å². The molecule has 0 radical (unpaired) electrons. The van der Waals surface area contributed by atoms with Gasteiger partial charge >= 0.3 is 0 Å². The van der Waals surface area contributed by atoms with Crippen LogP contribution in [0.5, 0.6) is 11.5 Å². The summed E-state index contributed by atoms with van der Waals surface area (Å²) in [6.07, 6.45) is 5.06. The molecule has 3 N–H and O–H groups in total. The van der Waals surface area contributed by atoms with E-state index in [2.05, 4.69) is 126 Å². The van der Waals surface area contributed by atoms with Crippen molar-refractivity contribution < 1.29 is 74.5 Å². The lowest BCUT2D eigenvalue weighted by molar-refractivity contribution is 0.0995. The van der Waals surface area contributed by atoms with Crippen LogP contribution in [0.15, 0.2) is 265 Å². The summed E-state index contributed by atoms with van der Waals surface area (Å²) < 4.78 is 60.8. The van der Waals surface area contributed by atoms with Crippen LogP contribution in [0.1, 0.15) is 280 Å². The average molecular weight is 2190 g/mol. The highest BCUT2D eigenvalue weighted by atomic mass is 79.9. The van der Waals surface area contributed by atoms with Crippen molar-refractivity contribution in [2.45, 2.75) is 162 Å². The molecule has 8 aromatic heterocycles. The Kier molecular flexibility index (Phi) is 40.9. The van der Waals surface area contributed by atoms with E-state index in [1.54, 1.807) is 57.2 Å². The van der Waals surface area contributed by atoms with Crippen molar-refractivity contribution in [2.75, 3.05) is 0 Å². The van der Waals surface area contributed by atoms with Gasteiger partial charge in [0.25, 0.3) is 0 Å². The number of carbonyl (C=O) groups excluding carboxylic acids is 8. The van der Waals surface area contributed by atoms with E-state index in [1.807, 2.05) is 205 Å². The van der Waals surface area contributed by atoms with E-state index in [9.17, 15) is 47.1 Å². The number of aromatic nitrogens is 11. The van der Waals surface area contributed by atoms with Gasteiger partial charge in [-0.2, -0.15) is 20.6 Å². The molecule has 8 heterocycles. The number of ketones is 8. The number of nitriles is 1. The van der Waals surface area contributed by atoms with Crippen LogP contribution in [0.2, 0.25) is 0 Å². The number of nitrogens with one attached hydrogen (secondary N) is 3. The monoisotopic (exact) mass is 2180 g/mol. The highest BCUT2D eigenvalue weighted by molar-refractivity contribution is 9.11. The number of H-pyrrole nitrogens is 3. The molecule has 0 spiro atoms. The van der Waals surface area contributed by atoms with E-state index in [-0.39, 0.29) is 57.9 Å². The van der Waals surface area contributed by atoms with E-state index < -0.39 is 0 Å². The highest BCUT2D eigenvalue weighted by Crippen LogP contribution is 2.30. The van der Waals surface area contributed by atoms with Crippen LogP contribution in [0.4, 0.5) is 8.78 Å². The van der Waals surface area contributed by atoms with E-state index in [0.717, 1.165) is 136 Å². The number of aromatic amines is 3. The Bertz CT molecular complexity index is 6710. The van der Waals surface area contributed by atoms with Gasteiger partial charge < -0.3 is 27.4 Å². The van der Waals surface area contributed by atoms with Crippen molar-refractivity contribution in [3.8, 4) is 17.6 Å². The molecule has 0 bridgehead atoms. The normalized spacial score (nSPS) is 10.5. The molecule has 0 amide bonds. The zero-order chi connectivity index (χ0) is 104. The number of nitrogens with zero attached hydrogens (tertiary/aromatic N) is 9. The standard InChI is InChI=1S/C19H18N2O2.C14H12N2O2.C13H13BrN2O.3C13H12BrNO2.C13H13FN2O.C13H12FNO2/c1-13-18(19(14(2)22)21-20-13)12-15-8-10-17(11-9-15)23-16-6-4-3-5-7-16;1-9(17)14-13(10(2)18-16-14)7-11-3-5-12(8-15)6-4-11;1-8-12(13(9(2)17)16-15-8)7-10-3-5-11(14)6-4-10;2*1-8(16)13-12(9(2)17-15-13)7-10-3-5-11(14)6-4-10;1-8(16)13-12(9(2)17-15-13)7-10-4-3-5-11(14)6-10;1-8-12(13(9(2)17)16-15-8)7-10-3-5-11(14)6-4-10;1-8(16)13-12(9(2)17-15-13)7-10-3-5-11(14)6-4-10/h3-11H,12H2,1-2H3,(H,20,21);3-6H,7H2,1-2H3;3-6H,7H2,1-2H3,(H,15,16);3*3-6H,7H2,1-2H3;3-6H,7H2,1-2H3,(H,15,16);3-6H,7H2,1-2H3. The highest BCUT2D eigenvalue weighted by Gasteiger charge is 2.24. The third-order valence-electron chi connectivity index (χ3n) is 22.3. The summed E-state index contributed by atoms with van der Waals surface area (Å²) in [5.41, 5.74) is 22.5. The maximum absolute atomic E-state index is 12.8. The van der Waals surface area contributed by atoms with Gasteiger partial charge in [-0.3, -0.25) is 53.7 Å². The molecular formula is C111H104Br4F2N12O14. The number of rotatable bonds is 26. The Morgan fingerprint density at radius 2 is 0.510 bits per heavy atom. The average Bonchev–Trinajstić information content (AvgIpc) is 1.69. The number of hydrogen-bond donors (Lipinski definition) is 3. The predicted molar refractivity (Wildman–Crippen MR) is 552 cm³/mol. The van der Waals surface area contributed by atoms with E-state index in [0.29, 0.717) is 125 Å². The molecule has 17 aromatic rings. The van der Waals surface area contributed by atoms with Crippen molar-refractivity contribution in [3.05, 3.63) is 440 Å². The number of carbonyl (C=O) groups is 8. The second kappa shape index (κ2) is 53.1. The minimum absolute atomic E-state index is 0.00135. The topological polar surface area (TPSA) is 386 Å². The first-order valence-corrected chi connectivity index (χ1v) is 48.1. The Morgan fingerprint density at radius 3 is 0.762 bits per heavy atom. The molecule has 0 fully saturated rings. The molecule has 0 aliphatic heterocycles. The predicted octanol–water partition coefficient (Wildman–Crippen LogP) is 26.4. The van der Waals surface area contributed by atoms with Crippen molar-refractivity contribution >= 4 is 110 Å². The number of benzene rings is 9. The number of aryl methyl sites for hydroxylation is 8. The minimum Gasteiger partial charge on any atom is -0.457 e. The molecule has 32 heteroatoms. The van der Waals surface area contributed by atoms with Gasteiger partial charge in [0.05, 0.1) is 11.6 Å². The fourth-order valence-corrected chi connectivity index (χ4v) is 15.8. The maximum atomic E-state index is 12.8. The van der Waals surface area contributed by atoms with Crippen molar-refractivity contribution in [1.29, 1.82) is 5.26 Å². The van der Waals surface area contributed by atoms with Gasteiger partial charge in [0.15, 0.2) is 74.7 Å². The molecule has 0 aliphatic rings. The van der Waals surface area contributed by atoms with E-state index in [1.165, 1.54) is 78.3 Å². The lowest BCUT2D eigenvalue weighted by Gasteiger charge is -2.07. The van der Waals surface area contributed by atoms with Gasteiger partial charge in [-0.15, -0.1) is 0 Å². The zero-order valence-electron chi connectivity index (χ0n) is 81.5. The first-order valence-electron chi connectivity index (χ1n) is 44.9. The molecule has 0 aliphatic carbocycles. The maximum Gasteiger partial charge on any atom is 0.181 e. The Morgan fingerprint density at radius 1 is 0.280 bits per heavy atom. The van der Waals surface area contributed by atoms with Gasteiger partial charge in [0.1, 0.15) is 69.0 Å². The van der Waals surface area contributed by atoms with Crippen LogP contribution >= 0.6 is 63.7 Å². The van der Waals surface area contributed by atoms with Gasteiger partial charge in [-0.25, -0.2) is 8.78 Å².